The van der Waals surface area contributed by atoms with Crippen LogP contribution >= 0.6 is 23.2 Å². The van der Waals surface area contributed by atoms with Gasteiger partial charge in [-0.25, -0.2) is 4.79 Å². The van der Waals surface area contributed by atoms with Crippen molar-refractivity contribution in [3.8, 4) is 0 Å². The van der Waals surface area contributed by atoms with Crippen LogP contribution in [0.15, 0.2) is 42.5 Å². The lowest BCUT2D eigenvalue weighted by atomic mass is 10.2. The Balaban J connectivity index is 1.99. The van der Waals surface area contributed by atoms with E-state index in [-0.39, 0.29) is 10.6 Å². The summed E-state index contributed by atoms with van der Waals surface area (Å²) in [7, 11) is 0. The van der Waals surface area contributed by atoms with E-state index in [9.17, 15) is 19.7 Å². The van der Waals surface area contributed by atoms with Crippen LogP contribution in [-0.4, -0.2) is 23.4 Å². The van der Waals surface area contributed by atoms with Gasteiger partial charge in [0.15, 0.2) is 6.61 Å². The standard InChI is InChI=1S/C15H10Cl2N2O5/c16-9-5-6-12(11(17)7-9)18-14(20)8-24-15(21)10-3-1-2-4-13(10)19(22)23/h1-7H,8H2,(H,18,20). The molecule has 0 radical (unpaired) electrons. The van der Waals surface area contributed by atoms with Crippen molar-refractivity contribution in [2.45, 2.75) is 0 Å². The second-order valence-corrected chi connectivity index (χ2v) is 5.37. The van der Waals surface area contributed by atoms with Crippen LogP contribution in [0.2, 0.25) is 10.0 Å². The van der Waals surface area contributed by atoms with Crippen LogP contribution in [0.5, 0.6) is 0 Å². The van der Waals surface area contributed by atoms with Crippen LogP contribution in [0.1, 0.15) is 10.4 Å². The number of ether oxygens (including phenoxy) is 1. The van der Waals surface area contributed by atoms with Crippen molar-refractivity contribution in [3.63, 3.8) is 0 Å². The van der Waals surface area contributed by atoms with Gasteiger partial charge in [0, 0.05) is 11.1 Å². The molecule has 0 aliphatic rings. The molecule has 1 N–H and O–H groups in total. The summed E-state index contributed by atoms with van der Waals surface area (Å²) < 4.78 is 4.79. The first-order valence-electron chi connectivity index (χ1n) is 6.54. The number of rotatable bonds is 5. The second-order valence-electron chi connectivity index (χ2n) is 4.52. The normalized spacial score (nSPS) is 10.1. The number of carbonyl (C=O) groups excluding carboxylic acids is 2. The molecule has 0 heterocycles. The number of carbonyl (C=O) groups is 2. The summed E-state index contributed by atoms with van der Waals surface area (Å²) in [6, 6.07) is 9.76. The Morgan fingerprint density at radius 3 is 2.54 bits per heavy atom. The molecule has 0 atom stereocenters. The van der Waals surface area contributed by atoms with Crippen molar-refractivity contribution >= 4 is 46.5 Å². The van der Waals surface area contributed by atoms with Crippen LogP contribution in [0.25, 0.3) is 0 Å². The van der Waals surface area contributed by atoms with Gasteiger partial charge in [-0.2, -0.15) is 0 Å². The summed E-state index contributed by atoms with van der Waals surface area (Å²) >= 11 is 11.6. The van der Waals surface area contributed by atoms with Crippen LogP contribution in [0.3, 0.4) is 0 Å². The molecule has 0 aromatic heterocycles. The zero-order valence-electron chi connectivity index (χ0n) is 12.0. The number of benzene rings is 2. The van der Waals surface area contributed by atoms with Gasteiger partial charge in [0.05, 0.1) is 15.6 Å². The molecule has 24 heavy (non-hydrogen) atoms. The lowest BCUT2D eigenvalue weighted by Crippen LogP contribution is -2.21. The first kappa shape index (κ1) is 17.7. The lowest BCUT2D eigenvalue weighted by Gasteiger charge is -2.08. The molecule has 0 fully saturated rings. The molecular formula is C15H10Cl2N2O5. The van der Waals surface area contributed by atoms with Crippen molar-refractivity contribution < 1.29 is 19.2 Å². The maximum absolute atomic E-state index is 11.9. The summed E-state index contributed by atoms with van der Waals surface area (Å²) in [5, 5.41) is 13.9. The third-order valence-corrected chi connectivity index (χ3v) is 3.41. The number of hydrogen-bond acceptors (Lipinski definition) is 5. The van der Waals surface area contributed by atoms with Gasteiger partial charge in [0.1, 0.15) is 5.56 Å². The molecule has 9 heteroatoms. The van der Waals surface area contributed by atoms with Gasteiger partial charge in [0.25, 0.3) is 11.6 Å². The Bertz CT molecular complexity index is 810. The van der Waals surface area contributed by atoms with Gasteiger partial charge in [0.2, 0.25) is 0 Å². The first-order chi connectivity index (χ1) is 11.4. The predicted molar refractivity (Wildman–Crippen MR) is 88.5 cm³/mol. The third-order valence-electron chi connectivity index (χ3n) is 2.86. The minimum absolute atomic E-state index is 0.223. The van der Waals surface area contributed by atoms with E-state index < -0.39 is 29.1 Å². The summed E-state index contributed by atoms with van der Waals surface area (Å²) in [5.41, 5.74) is -0.337. The van der Waals surface area contributed by atoms with Gasteiger partial charge < -0.3 is 10.1 Å². The zero-order chi connectivity index (χ0) is 17.7. The number of esters is 1. The summed E-state index contributed by atoms with van der Waals surface area (Å²) in [6.07, 6.45) is 0. The molecule has 2 rings (SSSR count). The number of hydrogen-bond donors (Lipinski definition) is 1. The fraction of sp³-hybridized carbons (Fsp3) is 0.0667. The molecule has 0 bridgehead atoms. The molecule has 1 amide bonds. The molecule has 0 saturated carbocycles. The lowest BCUT2D eigenvalue weighted by molar-refractivity contribution is -0.385. The van der Waals surface area contributed by atoms with E-state index in [1.54, 1.807) is 0 Å². The van der Waals surface area contributed by atoms with Crippen LogP contribution < -0.4 is 5.32 Å². The second kappa shape index (κ2) is 7.76. The molecule has 2 aromatic rings. The van der Waals surface area contributed by atoms with E-state index in [2.05, 4.69) is 5.32 Å². The number of nitrogens with one attached hydrogen (secondary N) is 1. The number of halogens is 2. The van der Waals surface area contributed by atoms with E-state index in [1.165, 1.54) is 42.5 Å². The molecule has 2 aromatic carbocycles. The molecule has 124 valence electrons. The Kier molecular flexibility index (Phi) is 5.73. The highest BCUT2D eigenvalue weighted by Gasteiger charge is 2.21. The van der Waals surface area contributed by atoms with Gasteiger partial charge >= 0.3 is 5.97 Å². The third kappa shape index (κ3) is 4.43. The van der Waals surface area contributed by atoms with Gasteiger partial charge in [-0.15, -0.1) is 0 Å². The smallest absolute Gasteiger partial charge is 0.345 e. The van der Waals surface area contributed by atoms with E-state index in [0.29, 0.717) is 10.7 Å². The molecular weight excluding hydrogens is 359 g/mol. The van der Waals surface area contributed by atoms with Gasteiger partial charge in [-0.1, -0.05) is 35.3 Å². The van der Waals surface area contributed by atoms with E-state index >= 15 is 0 Å². The quantitative estimate of drug-likeness (QED) is 0.492. The molecule has 0 aliphatic carbocycles. The number of anilines is 1. The average Bonchev–Trinajstić information content (AvgIpc) is 2.55. The minimum atomic E-state index is -0.973. The SMILES string of the molecule is O=C(COC(=O)c1ccccc1[N+](=O)[O-])Nc1ccc(Cl)cc1Cl. The Morgan fingerprint density at radius 2 is 1.88 bits per heavy atom. The number of nitro groups is 1. The highest BCUT2D eigenvalue weighted by atomic mass is 35.5. The number of nitro benzene ring substituents is 1. The monoisotopic (exact) mass is 368 g/mol. The van der Waals surface area contributed by atoms with Crippen LogP contribution in [0.4, 0.5) is 11.4 Å². The number of amides is 1. The minimum Gasteiger partial charge on any atom is -0.452 e. The highest BCUT2D eigenvalue weighted by Crippen LogP contribution is 2.25. The number of para-hydroxylation sites is 1. The predicted octanol–water partition coefficient (Wildman–Crippen LogP) is 3.70. The molecule has 0 saturated heterocycles. The van der Waals surface area contributed by atoms with Crippen molar-refractivity contribution in [1.82, 2.24) is 0 Å². The summed E-state index contributed by atoms with van der Waals surface area (Å²) in [5.74, 6) is -1.62. The fourth-order valence-corrected chi connectivity index (χ4v) is 2.25. The fourth-order valence-electron chi connectivity index (χ4n) is 1.79. The maximum atomic E-state index is 11.9. The molecule has 0 spiro atoms. The van der Waals surface area contributed by atoms with Gasteiger partial charge in [-0.3, -0.25) is 14.9 Å². The Labute approximate surface area is 146 Å². The van der Waals surface area contributed by atoms with Crippen molar-refractivity contribution in [2.24, 2.45) is 0 Å². The topological polar surface area (TPSA) is 98.5 Å². The average molecular weight is 369 g/mol. The van der Waals surface area contributed by atoms with E-state index in [4.69, 9.17) is 27.9 Å². The van der Waals surface area contributed by atoms with Crippen LogP contribution in [-0.2, 0) is 9.53 Å². The first-order valence-corrected chi connectivity index (χ1v) is 7.29. The Morgan fingerprint density at radius 1 is 1.17 bits per heavy atom. The van der Waals surface area contributed by atoms with Crippen molar-refractivity contribution in [2.75, 3.05) is 11.9 Å². The van der Waals surface area contributed by atoms with E-state index in [1.807, 2.05) is 0 Å². The van der Waals surface area contributed by atoms with Gasteiger partial charge in [-0.05, 0) is 24.3 Å². The summed E-state index contributed by atoms with van der Waals surface area (Å²) in [4.78, 5) is 33.8. The van der Waals surface area contributed by atoms with Crippen molar-refractivity contribution in [3.05, 3.63) is 68.2 Å². The highest BCUT2D eigenvalue weighted by molar-refractivity contribution is 6.36. The molecule has 0 aliphatic heterocycles. The summed E-state index contributed by atoms with van der Waals surface area (Å²) in [6.45, 7) is -0.621. The maximum Gasteiger partial charge on any atom is 0.345 e. The molecule has 0 unspecified atom stereocenters. The largest absolute Gasteiger partial charge is 0.452 e. The molecule has 7 nitrogen and oxygen atoms in total. The van der Waals surface area contributed by atoms with E-state index in [0.717, 1.165) is 0 Å². The zero-order valence-corrected chi connectivity index (χ0v) is 13.5. The van der Waals surface area contributed by atoms with Crippen LogP contribution in [0, 0.1) is 10.1 Å². The number of nitrogens with zero attached hydrogens (tertiary/aromatic N) is 1. The van der Waals surface area contributed by atoms with Crippen molar-refractivity contribution in [1.29, 1.82) is 0 Å². The Hall–Kier alpha value is -2.64.